The topological polar surface area (TPSA) is 31.1 Å². The molecule has 0 amide bonds. The van der Waals surface area contributed by atoms with Crippen molar-refractivity contribution in [3.63, 3.8) is 0 Å². The molecule has 0 spiro atoms. The molecule has 1 unspecified atom stereocenters. The van der Waals surface area contributed by atoms with E-state index in [1.54, 1.807) is 6.07 Å². The molecule has 0 aliphatic carbocycles. The minimum Gasteiger partial charge on any atom is -0.361 e. The van der Waals surface area contributed by atoms with Crippen molar-refractivity contribution in [1.29, 1.82) is 0 Å². The van der Waals surface area contributed by atoms with Gasteiger partial charge in [-0.05, 0) is 107 Å². The third-order valence-electron chi connectivity index (χ3n) is 6.19. The van der Waals surface area contributed by atoms with Crippen LogP contribution in [0.1, 0.15) is 50.0 Å². The minimum atomic E-state index is -0.136. The maximum Gasteiger partial charge on any atom is 0.123 e. The molecular formula is C21H30FN3. The Morgan fingerprint density at radius 3 is 2.84 bits per heavy atom. The maximum atomic E-state index is 13.6. The van der Waals surface area contributed by atoms with Crippen molar-refractivity contribution in [2.24, 2.45) is 5.92 Å². The lowest BCUT2D eigenvalue weighted by Gasteiger charge is -2.32. The number of hydrogen-bond donors (Lipinski definition) is 2. The summed E-state index contributed by atoms with van der Waals surface area (Å²) in [4.78, 5) is 5.94. The zero-order valence-electron chi connectivity index (χ0n) is 15.1. The molecule has 25 heavy (non-hydrogen) atoms. The van der Waals surface area contributed by atoms with Gasteiger partial charge in [0.25, 0.3) is 0 Å². The van der Waals surface area contributed by atoms with Crippen molar-refractivity contribution in [3.8, 4) is 0 Å². The molecule has 2 aromatic rings. The maximum absolute atomic E-state index is 13.6. The van der Waals surface area contributed by atoms with Gasteiger partial charge in [0.2, 0.25) is 0 Å². The Kier molecular flexibility index (Phi) is 5.37. The van der Waals surface area contributed by atoms with Crippen LogP contribution in [0, 0.1) is 11.7 Å². The zero-order valence-corrected chi connectivity index (χ0v) is 15.1. The SMILES string of the molecule is Fc1ccc2[nH]cc(C3CCN(CCCC4CCCNC4)CC3)c2c1. The van der Waals surface area contributed by atoms with E-state index in [-0.39, 0.29) is 5.82 Å². The molecule has 4 heteroatoms. The predicted molar refractivity (Wildman–Crippen MR) is 101 cm³/mol. The summed E-state index contributed by atoms with van der Waals surface area (Å²) < 4.78 is 13.6. The summed E-state index contributed by atoms with van der Waals surface area (Å²) in [5.74, 6) is 1.32. The van der Waals surface area contributed by atoms with Crippen LogP contribution >= 0.6 is 0 Å². The van der Waals surface area contributed by atoms with Crippen LogP contribution in [-0.4, -0.2) is 42.6 Å². The van der Waals surface area contributed by atoms with Crippen LogP contribution in [0.3, 0.4) is 0 Å². The number of rotatable bonds is 5. The quantitative estimate of drug-likeness (QED) is 0.849. The van der Waals surface area contributed by atoms with E-state index >= 15 is 0 Å². The summed E-state index contributed by atoms with van der Waals surface area (Å²) in [5.41, 5.74) is 2.36. The van der Waals surface area contributed by atoms with Gasteiger partial charge in [0.05, 0.1) is 0 Å². The highest BCUT2D eigenvalue weighted by molar-refractivity contribution is 5.83. The highest BCUT2D eigenvalue weighted by Gasteiger charge is 2.23. The van der Waals surface area contributed by atoms with Crippen LogP contribution < -0.4 is 5.32 Å². The van der Waals surface area contributed by atoms with Crippen molar-refractivity contribution >= 4 is 10.9 Å². The predicted octanol–water partition coefficient (Wildman–Crippen LogP) is 4.27. The molecule has 3 heterocycles. The Morgan fingerprint density at radius 1 is 1.16 bits per heavy atom. The van der Waals surface area contributed by atoms with Crippen molar-refractivity contribution in [1.82, 2.24) is 15.2 Å². The Hall–Kier alpha value is -1.39. The van der Waals surface area contributed by atoms with Gasteiger partial charge >= 0.3 is 0 Å². The van der Waals surface area contributed by atoms with Crippen molar-refractivity contribution in [3.05, 3.63) is 35.8 Å². The van der Waals surface area contributed by atoms with Crippen LogP contribution in [0.15, 0.2) is 24.4 Å². The van der Waals surface area contributed by atoms with Crippen LogP contribution in [0.2, 0.25) is 0 Å². The number of fused-ring (bicyclic) bond motifs is 1. The molecule has 2 aliphatic heterocycles. The van der Waals surface area contributed by atoms with Gasteiger partial charge in [-0.2, -0.15) is 0 Å². The molecule has 136 valence electrons. The molecule has 2 fully saturated rings. The van der Waals surface area contributed by atoms with E-state index in [0.717, 1.165) is 16.8 Å². The van der Waals surface area contributed by atoms with Crippen LogP contribution in [0.4, 0.5) is 4.39 Å². The van der Waals surface area contributed by atoms with Gasteiger partial charge in [-0.25, -0.2) is 4.39 Å². The van der Waals surface area contributed by atoms with E-state index in [4.69, 9.17) is 0 Å². The Bertz CT molecular complexity index is 682. The minimum absolute atomic E-state index is 0.136. The van der Waals surface area contributed by atoms with Gasteiger partial charge in [-0.1, -0.05) is 0 Å². The number of nitrogens with zero attached hydrogens (tertiary/aromatic N) is 1. The Morgan fingerprint density at radius 2 is 2.04 bits per heavy atom. The monoisotopic (exact) mass is 343 g/mol. The molecule has 3 nitrogen and oxygen atoms in total. The number of halogens is 1. The lowest BCUT2D eigenvalue weighted by Crippen LogP contribution is -2.34. The van der Waals surface area contributed by atoms with E-state index in [1.165, 1.54) is 82.9 Å². The lowest BCUT2D eigenvalue weighted by molar-refractivity contribution is 0.202. The number of likely N-dealkylation sites (tertiary alicyclic amines) is 1. The van der Waals surface area contributed by atoms with Gasteiger partial charge in [-0.3, -0.25) is 0 Å². The van der Waals surface area contributed by atoms with Crippen molar-refractivity contribution in [2.45, 2.75) is 44.4 Å². The molecule has 2 saturated heterocycles. The summed E-state index contributed by atoms with van der Waals surface area (Å²) in [5, 5.41) is 4.59. The Balaban J connectivity index is 1.27. The largest absolute Gasteiger partial charge is 0.361 e. The average Bonchev–Trinajstić information content (AvgIpc) is 3.06. The highest BCUT2D eigenvalue weighted by Crippen LogP contribution is 2.33. The molecular weight excluding hydrogens is 313 g/mol. The highest BCUT2D eigenvalue weighted by atomic mass is 19.1. The van der Waals surface area contributed by atoms with Gasteiger partial charge < -0.3 is 15.2 Å². The second-order valence-electron chi connectivity index (χ2n) is 7.90. The second-order valence-corrected chi connectivity index (χ2v) is 7.90. The molecule has 1 aromatic heterocycles. The van der Waals surface area contributed by atoms with Gasteiger partial charge in [0, 0.05) is 17.1 Å². The first-order valence-electron chi connectivity index (χ1n) is 9.99. The average molecular weight is 343 g/mol. The van der Waals surface area contributed by atoms with Crippen LogP contribution in [0.5, 0.6) is 0 Å². The molecule has 2 N–H and O–H groups in total. The molecule has 0 saturated carbocycles. The fraction of sp³-hybridized carbons (Fsp3) is 0.619. The molecule has 2 aliphatic rings. The van der Waals surface area contributed by atoms with E-state index in [0.29, 0.717) is 5.92 Å². The fourth-order valence-corrected chi connectivity index (χ4v) is 4.69. The van der Waals surface area contributed by atoms with Crippen LogP contribution in [-0.2, 0) is 0 Å². The normalized spacial score (nSPS) is 23.3. The summed E-state index contributed by atoms with van der Waals surface area (Å²) in [6, 6.07) is 5.07. The number of aromatic amines is 1. The van der Waals surface area contributed by atoms with Crippen LogP contribution in [0.25, 0.3) is 10.9 Å². The van der Waals surface area contributed by atoms with E-state index in [9.17, 15) is 4.39 Å². The van der Waals surface area contributed by atoms with E-state index in [2.05, 4.69) is 21.4 Å². The molecule has 0 radical (unpaired) electrons. The third kappa shape index (κ3) is 4.06. The van der Waals surface area contributed by atoms with Crippen molar-refractivity contribution in [2.75, 3.05) is 32.7 Å². The number of H-pyrrole nitrogens is 1. The van der Waals surface area contributed by atoms with E-state index < -0.39 is 0 Å². The summed E-state index contributed by atoms with van der Waals surface area (Å²) >= 11 is 0. The van der Waals surface area contributed by atoms with Gasteiger partial charge in [0.1, 0.15) is 5.82 Å². The fourth-order valence-electron chi connectivity index (χ4n) is 4.69. The molecule has 0 bridgehead atoms. The number of hydrogen-bond acceptors (Lipinski definition) is 2. The number of nitrogens with one attached hydrogen (secondary N) is 2. The smallest absolute Gasteiger partial charge is 0.123 e. The van der Waals surface area contributed by atoms with E-state index in [1.807, 2.05) is 6.07 Å². The molecule has 4 rings (SSSR count). The second kappa shape index (κ2) is 7.88. The third-order valence-corrected chi connectivity index (χ3v) is 6.19. The Labute approximate surface area is 150 Å². The van der Waals surface area contributed by atoms with Gasteiger partial charge in [0.15, 0.2) is 0 Å². The lowest BCUT2D eigenvalue weighted by atomic mass is 9.89. The number of aromatic nitrogens is 1. The zero-order chi connectivity index (χ0) is 17.1. The molecule has 1 atom stereocenters. The first-order chi connectivity index (χ1) is 12.3. The number of benzene rings is 1. The summed E-state index contributed by atoms with van der Waals surface area (Å²) in [6.45, 7) is 6.03. The van der Waals surface area contributed by atoms with Gasteiger partial charge in [-0.15, -0.1) is 0 Å². The van der Waals surface area contributed by atoms with Crippen molar-refractivity contribution < 1.29 is 4.39 Å². The first-order valence-corrected chi connectivity index (χ1v) is 9.99. The molecule has 1 aromatic carbocycles. The summed E-state index contributed by atoms with van der Waals surface area (Å²) in [6.07, 6.45) is 9.93. The number of piperidine rings is 2. The first kappa shape index (κ1) is 17.0. The standard InChI is InChI=1S/C21H30FN3/c22-18-5-6-21-19(13-18)20(15-24-21)17-7-11-25(12-8-17)10-2-4-16-3-1-9-23-14-16/h5-6,13,15-17,23-24H,1-4,7-12,14H2. The summed E-state index contributed by atoms with van der Waals surface area (Å²) in [7, 11) is 0.